The van der Waals surface area contributed by atoms with Gasteiger partial charge in [0.15, 0.2) is 0 Å². The monoisotopic (exact) mass is 545 g/mol. The zero-order valence-electron chi connectivity index (χ0n) is 19.4. The molecule has 4 rings (SSSR count). The van der Waals surface area contributed by atoms with Gasteiger partial charge in [-0.2, -0.15) is 0 Å². The topological polar surface area (TPSA) is 104 Å². The van der Waals surface area contributed by atoms with Gasteiger partial charge in [0, 0.05) is 26.2 Å². The minimum atomic E-state index is -4.25. The highest BCUT2D eigenvalue weighted by Gasteiger charge is 2.39. The van der Waals surface area contributed by atoms with E-state index in [0.717, 1.165) is 16.9 Å². The third-order valence-electron chi connectivity index (χ3n) is 5.87. The Kier molecular flexibility index (Phi) is 7.77. The second kappa shape index (κ2) is 10.8. The zero-order chi connectivity index (χ0) is 25.9. The highest BCUT2D eigenvalue weighted by atomic mass is 35.5. The van der Waals surface area contributed by atoms with E-state index < -0.39 is 27.0 Å². The van der Waals surface area contributed by atoms with Crippen LogP contribution in [0, 0.1) is 6.92 Å². The number of carbonyl (C=O) groups excluding carboxylic acids is 3. The van der Waals surface area contributed by atoms with Crippen LogP contribution in [0.2, 0.25) is 5.02 Å². The number of hydrogen-bond donors (Lipinski definition) is 1. The molecule has 0 aliphatic carbocycles. The lowest BCUT2D eigenvalue weighted by Gasteiger charge is -2.36. The second-order valence-corrected chi connectivity index (χ2v) is 11.7. The summed E-state index contributed by atoms with van der Waals surface area (Å²) in [5, 5.41) is 2.65. The molecule has 1 saturated heterocycles. The molecule has 1 N–H and O–H groups in total. The summed E-state index contributed by atoms with van der Waals surface area (Å²) >= 11 is 7.29. The number of benzene rings is 2. The van der Waals surface area contributed by atoms with Gasteiger partial charge in [0.1, 0.15) is 0 Å². The third-order valence-corrected chi connectivity index (χ3v) is 8.94. The number of rotatable bonds is 6. The van der Waals surface area contributed by atoms with Gasteiger partial charge in [0.2, 0.25) is 15.2 Å². The molecule has 0 bridgehead atoms. The first-order chi connectivity index (χ1) is 17.2. The number of thiophene rings is 1. The molecule has 3 aromatic rings. The quantitative estimate of drug-likeness (QED) is 0.512. The van der Waals surface area contributed by atoms with E-state index in [4.69, 9.17) is 11.6 Å². The van der Waals surface area contributed by atoms with Gasteiger partial charge in [-0.05, 0) is 42.6 Å². The van der Waals surface area contributed by atoms with Crippen molar-refractivity contribution in [1.82, 2.24) is 15.1 Å². The molecule has 1 aliphatic heterocycles. The summed E-state index contributed by atoms with van der Waals surface area (Å²) in [5.74, 6) is -1.65. The Bertz CT molecular complexity index is 1370. The number of aryl methyl sites for hydroxylation is 1. The molecular weight excluding hydrogens is 522 g/mol. The summed E-state index contributed by atoms with van der Waals surface area (Å²) in [4.78, 5) is 42.3. The summed E-state index contributed by atoms with van der Waals surface area (Å²) in [7, 11) is -4.25. The van der Waals surface area contributed by atoms with Crippen LogP contribution in [0.4, 0.5) is 0 Å². The van der Waals surface area contributed by atoms with Gasteiger partial charge in [-0.3, -0.25) is 14.4 Å². The second-order valence-electron chi connectivity index (χ2n) is 8.29. The maximum atomic E-state index is 13.5. The molecule has 8 nitrogen and oxygen atoms in total. The zero-order valence-corrected chi connectivity index (χ0v) is 21.8. The number of sulfone groups is 1. The van der Waals surface area contributed by atoms with Crippen LogP contribution in [0.1, 0.15) is 25.6 Å². The van der Waals surface area contributed by atoms with Gasteiger partial charge in [-0.1, -0.05) is 47.5 Å². The number of carbonyl (C=O) groups is 3. The Hall–Kier alpha value is -3.21. The van der Waals surface area contributed by atoms with Gasteiger partial charge >= 0.3 is 0 Å². The Morgan fingerprint density at radius 1 is 0.917 bits per heavy atom. The van der Waals surface area contributed by atoms with Gasteiger partial charge in [-0.25, -0.2) is 8.42 Å². The van der Waals surface area contributed by atoms with Crippen molar-refractivity contribution < 1.29 is 22.8 Å². The van der Waals surface area contributed by atoms with Crippen molar-refractivity contribution in [1.29, 1.82) is 0 Å². The molecule has 0 spiro atoms. The van der Waals surface area contributed by atoms with E-state index in [2.05, 4.69) is 5.32 Å². The van der Waals surface area contributed by atoms with Crippen molar-refractivity contribution in [2.24, 2.45) is 0 Å². The number of halogens is 1. The van der Waals surface area contributed by atoms with E-state index in [-0.39, 0.29) is 37.0 Å². The lowest BCUT2D eigenvalue weighted by Crippen LogP contribution is -2.57. The number of hydrogen-bond acceptors (Lipinski definition) is 6. The first-order valence-corrected chi connectivity index (χ1v) is 14.0. The predicted molar refractivity (Wildman–Crippen MR) is 138 cm³/mol. The summed E-state index contributed by atoms with van der Waals surface area (Å²) in [6.45, 7) is 2.45. The Morgan fingerprint density at radius 3 is 2.17 bits per heavy atom. The van der Waals surface area contributed by atoms with Gasteiger partial charge in [0.05, 0.1) is 20.4 Å². The van der Waals surface area contributed by atoms with Gasteiger partial charge in [0.25, 0.3) is 17.7 Å². The van der Waals surface area contributed by atoms with Crippen molar-refractivity contribution in [3.8, 4) is 0 Å². The van der Waals surface area contributed by atoms with Crippen LogP contribution in [0.15, 0.2) is 70.9 Å². The lowest BCUT2D eigenvalue weighted by atomic mass is 10.2. The van der Waals surface area contributed by atoms with Crippen molar-refractivity contribution in [3.05, 3.63) is 87.1 Å². The first-order valence-electron chi connectivity index (χ1n) is 11.2. The highest BCUT2D eigenvalue weighted by molar-refractivity contribution is 7.92. The van der Waals surface area contributed by atoms with E-state index in [9.17, 15) is 22.8 Å². The molecule has 0 saturated carbocycles. The molecule has 1 aromatic heterocycles. The van der Waals surface area contributed by atoms with E-state index in [1.54, 1.807) is 58.8 Å². The minimum Gasteiger partial charge on any atom is -0.336 e. The summed E-state index contributed by atoms with van der Waals surface area (Å²) in [5.41, 5.74) is 1.22. The standard InChI is InChI=1S/C25H24ClN3O5S2/c1-17-8-10-18(11-9-17)36(33,34)23(27-22(30)21-7-4-16-35-21)25(32)29-14-12-28(13-15-29)24(31)19-5-2-3-6-20(19)26/h2-11,16,23H,12-15H2,1H3,(H,27,30). The van der Waals surface area contributed by atoms with Crippen molar-refractivity contribution >= 4 is 50.5 Å². The van der Waals surface area contributed by atoms with Crippen molar-refractivity contribution in [3.63, 3.8) is 0 Å². The third kappa shape index (κ3) is 5.45. The molecule has 11 heteroatoms. The van der Waals surface area contributed by atoms with Crippen LogP contribution in [0.3, 0.4) is 0 Å². The van der Waals surface area contributed by atoms with Crippen molar-refractivity contribution in [2.75, 3.05) is 26.2 Å². The molecule has 2 aromatic carbocycles. The Balaban J connectivity index is 1.54. The molecule has 0 radical (unpaired) electrons. The number of nitrogens with zero attached hydrogens (tertiary/aromatic N) is 2. The number of nitrogens with one attached hydrogen (secondary N) is 1. The van der Waals surface area contributed by atoms with Crippen LogP contribution in [0.5, 0.6) is 0 Å². The predicted octanol–water partition coefficient (Wildman–Crippen LogP) is 3.22. The van der Waals surface area contributed by atoms with E-state index in [1.165, 1.54) is 17.0 Å². The molecule has 1 unspecified atom stereocenters. The molecule has 1 aliphatic rings. The largest absolute Gasteiger partial charge is 0.336 e. The highest BCUT2D eigenvalue weighted by Crippen LogP contribution is 2.21. The number of piperazine rings is 1. The smallest absolute Gasteiger partial charge is 0.262 e. The summed E-state index contributed by atoms with van der Waals surface area (Å²) in [6, 6.07) is 16.0. The van der Waals surface area contributed by atoms with Crippen molar-refractivity contribution in [2.45, 2.75) is 17.2 Å². The fourth-order valence-corrected chi connectivity index (χ4v) is 6.14. The first kappa shape index (κ1) is 25.9. The van der Waals surface area contributed by atoms with Crippen LogP contribution in [-0.2, 0) is 14.6 Å². The normalized spacial score (nSPS) is 14.8. The van der Waals surface area contributed by atoms with E-state index in [1.807, 2.05) is 6.92 Å². The fraction of sp³-hybridized carbons (Fsp3) is 0.240. The van der Waals surface area contributed by atoms with E-state index in [0.29, 0.717) is 15.5 Å². The lowest BCUT2D eigenvalue weighted by molar-refractivity contribution is -0.132. The maximum Gasteiger partial charge on any atom is 0.262 e. The van der Waals surface area contributed by atoms with Gasteiger partial charge in [-0.15, -0.1) is 11.3 Å². The van der Waals surface area contributed by atoms with Crippen LogP contribution in [-0.4, -0.2) is 67.5 Å². The van der Waals surface area contributed by atoms with E-state index >= 15 is 0 Å². The Morgan fingerprint density at radius 2 is 1.56 bits per heavy atom. The summed E-state index contributed by atoms with van der Waals surface area (Å²) in [6.07, 6.45) is 0. The molecule has 2 heterocycles. The molecular formula is C25H24ClN3O5S2. The molecule has 36 heavy (non-hydrogen) atoms. The average molecular weight is 546 g/mol. The molecule has 1 fully saturated rings. The molecule has 1 atom stereocenters. The summed E-state index contributed by atoms with van der Waals surface area (Å²) < 4.78 is 27.0. The molecule has 188 valence electrons. The Labute approximate surface area is 218 Å². The minimum absolute atomic E-state index is 0.0644. The van der Waals surface area contributed by atoms with Gasteiger partial charge < -0.3 is 15.1 Å². The van der Waals surface area contributed by atoms with Crippen LogP contribution in [0.25, 0.3) is 0 Å². The van der Waals surface area contributed by atoms with Crippen LogP contribution >= 0.6 is 22.9 Å². The molecule has 3 amide bonds. The van der Waals surface area contributed by atoms with Crippen LogP contribution < -0.4 is 5.32 Å². The SMILES string of the molecule is Cc1ccc(S(=O)(=O)C(NC(=O)c2cccs2)C(=O)N2CCN(C(=O)c3ccccc3Cl)CC2)cc1. The maximum absolute atomic E-state index is 13.5. The average Bonchev–Trinajstić information content (AvgIpc) is 3.42. The fourth-order valence-electron chi connectivity index (χ4n) is 3.83. The number of amides is 3.